The first-order valence-electron chi connectivity index (χ1n) is 12.4. The van der Waals surface area contributed by atoms with Crippen LogP contribution < -0.4 is 27.0 Å². The van der Waals surface area contributed by atoms with Gasteiger partial charge in [0.1, 0.15) is 31.0 Å². The number of carbonyl (C=O) groups excluding carboxylic acids is 5. The van der Waals surface area contributed by atoms with Gasteiger partial charge in [0.05, 0.1) is 17.4 Å². The number of aromatic hydroxyl groups is 1. The van der Waals surface area contributed by atoms with Crippen molar-refractivity contribution in [3.8, 4) is 5.75 Å². The predicted molar refractivity (Wildman–Crippen MR) is 156 cm³/mol. The molecule has 2 aromatic rings. The number of rotatable bonds is 16. The van der Waals surface area contributed by atoms with E-state index >= 15 is 0 Å². The second kappa shape index (κ2) is 17.0. The zero-order valence-corrected chi connectivity index (χ0v) is 24.4. The van der Waals surface area contributed by atoms with Crippen molar-refractivity contribution in [2.24, 2.45) is 5.73 Å². The molecule has 0 saturated carbocycles. The van der Waals surface area contributed by atoms with Crippen LogP contribution in [0.3, 0.4) is 0 Å². The van der Waals surface area contributed by atoms with Gasteiger partial charge in [-0.05, 0) is 18.4 Å². The van der Waals surface area contributed by atoms with E-state index in [0.717, 1.165) is 0 Å². The van der Waals surface area contributed by atoms with Crippen molar-refractivity contribution >= 4 is 70.0 Å². The summed E-state index contributed by atoms with van der Waals surface area (Å²) in [4.78, 5) is 77.0. The quantitative estimate of drug-likeness (QED) is 0.0660. The third-order valence-corrected chi connectivity index (χ3v) is 6.95. The second-order valence-electron chi connectivity index (χ2n) is 8.69. The molecule has 0 bridgehead atoms. The van der Waals surface area contributed by atoms with Crippen molar-refractivity contribution in [3.05, 3.63) is 36.0 Å². The number of aromatic nitrogens is 1. The first-order valence-corrected chi connectivity index (χ1v) is 14.9. The average molecular weight is 625 g/mol. The fraction of sp³-hybridized carbons (Fsp3) is 0.400. The minimum absolute atomic E-state index is 0.0907. The van der Waals surface area contributed by atoms with E-state index in [2.05, 4.69) is 26.3 Å². The molecule has 228 valence electrons. The maximum absolute atomic E-state index is 12.9. The fourth-order valence-corrected chi connectivity index (χ4v) is 4.64. The first-order chi connectivity index (χ1) is 19.9. The molecule has 0 aliphatic carbocycles. The lowest BCUT2D eigenvalue weighted by molar-refractivity contribution is -0.149. The van der Waals surface area contributed by atoms with Crippen molar-refractivity contribution in [1.29, 1.82) is 0 Å². The Labute approximate surface area is 249 Å². The van der Waals surface area contributed by atoms with Gasteiger partial charge in [-0.3, -0.25) is 24.0 Å². The van der Waals surface area contributed by atoms with Gasteiger partial charge in [-0.1, -0.05) is 18.2 Å². The van der Waals surface area contributed by atoms with Crippen LogP contribution in [0.2, 0.25) is 0 Å². The standard InChI is InChI=1S/C25H32N6O9S2/c1-13(32)28-12-42-10-15(26)22(36)31-18(11-41-2)25(39)40-9-17(23(37)27-8-20(34)35)30-24(38)21-19(33)7-14-5-3-4-6-16(14)29-21/h3-7,15,17-18,33H,8-12,26H2,1-2H3,(H,27,37)(H,28,32)(H,30,38)(H,31,36)(H,34,35)/t15-,17+,18-/m0/s1. The molecule has 1 heterocycles. The molecule has 3 atom stereocenters. The van der Waals surface area contributed by atoms with Crippen molar-refractivity contribution in [1.82, 2.24) is 26.3 Å². The van der Waals surface area contributed by atoms with E-state index in [9.17, 15) is 33.9 Å². The highest BCUT2D eigenvalue weighted by Crippen LogP contribution is 2.21. The molecule has 0 aliphatic rings. The first kappa shape index (κ1) is 34.1. The Balaban J connectivity index is 2.10. The van der Waals surface area contributed by atoms with Gasteiger partial charge in [-0.15, -0.1) is 11.8 Å². The van der Waals surface area contributed by atoms with Crippen molar-refractivity contribution in [3.63, 3.8) is 0 Å². The summed E-state index contributed by atoms with van der Waals surface area (Å²) in [7, 11) is 0. The van der Waals surface area contributed by atoms with Crippen molar-refractivity contribution in [2.45, 2.75) is 25.0 Å². The van der Waals surface area contributed by atoms with Gasteiger partial charge in [0.25, 0.3) is 5.91 Å². The largest absolute Gasteiger partial charge is 0.505 e. The number of nitrogens with two attached hydrogens (primary N) is 1. The SMILES string of the molecule is CSC[C@H](NC(=O)[C@@H](N)CSCNC(C)=O)C(=O)OC[C@@H](NC(=O)c1nc2ccccc2cc1O)C(=O)NCC(=O)O. The van der Waals surface area contributed by atoms with Gasteiger partial charge in [0, 0.05) is 23.8 Å². The number of carbonyl (C=O) groups is 6. The summed E-state index contributed by atoms with van der Waals surface area (Å²) in [5, 5.41) is 29.2. The number of thioether (sulfide) groups is 2. The third kappa shape index (κ3) is 11.1. The number of amides is 4. The summed E-state index contributed by atoms with van der Waals surface area (Å²) < 4.78 is 5.22. The zero-order valence-electron chi connectivity index (χ0n) is 22.7. The highest BCUT2D eigenvalue weighted by molar-refractivity contribution is 7.99. The molecule has 2 rings (SSSR count). The van der Waals surface area contributed by atoms with Crippen molar-refractivity contribution in [2.75, 3.05) is 36.8 Å². The zero-order chi connectivity index (χ0) is 31.2. The normalized spacial score (nSPS) is 12.8. The van der Waals surface area contributed by atoms with Crippen LogP contribution in [0.1, 0.15) is 17.4 Å². The number of nitrogens with zero attached hydrogens (tertiary/aromatic N) is 1. The Morgan fingerprint density at radius 1 is 1.02 bits per heavy atom. The maximum Gasteiger partial charge on any atom is 0.329 e. The molecule has 1 aromatic carbocycles. The molecule has 0 saturated heterocycles. The molecule has 1 aromatic heterocycles. The number of ether oxygens (including phenoxy) is 1. The molecule has 0 spiro atoms. The van der Waals surface area contributed by atoms with Crippen molar-refractivity contribution < 1.29 is 43.7 Å². The van der Waals surface area contributed by atoms with Gasteiger partial charge < -0.3 is 42.0 Å². The van der Waals surface area contributed by atoms with Crippen LogP contribution in [0.15, 0.2) is 30.3 Å². The van der Waals surface area contributed by atoms with Gasteiger partial charge >= 0.3 is 11.9 Å². The lowest BCUT2D eigenvalue weighted by Crippen LogP contribution is -2.53. The topological polar surface area (TPSA) is 239 Å². The smallest absolute Gasteiger partial charge is 0.329 e. The summed E-state index contributed by atoms with van der Waals surface area (Å²) in [6.45, 7) is -0.160. The summed E-state index contributed by atoms with van der Waals surface area (Å²) in [6.07, 6.45) is 1.68. The number of carboxylic acid groups (broad SMARTS) is 1. The molecular formula is C25H32N6O9S2. The van der Waals surface area contributed by atoms with Gasteiger partial charge in [-0.2, -0.15) is 11.8 Å². The highest BCUT2D eigenvalue weighted by Gasteiger charge is 2.29. The monoisotopic (exact) mass is 624 g/mol. The minimum atomic E-state index is -1.58. The molecule has 17 heteroatoms. The van der Waals surface area contributed by atoms with Gasteiger partial charge in [0.15, 0.2) is 5.69 Å². The van der Waals surface area contributed by atoms with Crippen LogP contribution >= 0.6 is 23.5 Å². The van der Waals surface area contributed by atoms with E-state index in [1.165, 1.54) is 36.5 Å². The number of para-hydroxylation sites is 1. The van der Waals surface area contributed by atoms with Crippen LogP contribution in [0.25, 0.3) is 10.9 Å². The number of nitrogens with one attached hydrogen (secondary N) is 4. The lowest BCUT2D eigenvalue weighted by Gasteiger charge is -2.22. The average Bonchev–Trinajstić information content (AvgIpc) is 2.94. The van der Waals surface area contributed by atoms with Crippen LogP contribution in [0, 0.1) is 0 Å². The van der Waals surface area contributed by atoms with Crippen LogP contribution in [-0.2, 0) is 28.7 Å². The van der Waals surface area contributed by atoms with E-state index < -0.39 is 72.4 Å². The summed E-state index contributed by atoms with van der Waals surface area (Å²) in [5.41, 5.74) is 5.86. The van der Waals surface area contributed by atoms with Crippen LogP contribution in [0.4, 0.5) is 0 Å². The molecule has 0 unspecified atom stereocenters. The number of benzene rings is 1. The number of carboxylic acids is 1. The number of pyridine rings is 1. The minimum Gasteiger partial charge on any atom is -0.505 e. The summed E-state index contributed by atoms with van der Waals surface area (Å²) in [5.74, 6) is -5.12. The molecular weight excluding hydrogens is 592 g/mol. The summed E-state index contributed by atoms with van der Waals surface area (Å²) >= 11 is 2.43. The van der Waals surface area contributed by atoms with Crippen LogP contribution in [0.5, 0.6) is 5.75 Å². The number of esters is 1. The second-order valence-corrected chi connectivity index (χ2v) is 10.6. The molecule has 0 radical (unpaired) electrons. The van der Waals surface area contributed by atoms with E-state index in [1.54, 1.807) is 30.5 Å². The summed E-state index contributed by atoms with van der Waals surface area (Å²) in [6, 6.07) is 4.25. The Morgan fingerprint density at radius 3 is 2.40 bits per heavy atom. The predicted octanol–water partition coefficient (Wildman–Crippen LogP) is -1.22. The van der Waals surface area contributed by atoms with E-state index in [-0.39, 0.29) is 23.3 Å². The van der Waals surface area contributed by atoms with Gasteiger partial charge in [0.2, 0.25) is 17.7 Å². The third-order valence-electron chi connectivity index (χ3n) is 5.34. The Hall–Kier alpha value is -4.09. The molecule has 0 fully saturated rings. The maximum atomic E-state index is 12.9. The number of aliphatic carboxylic acids is 1. The molecule has 0 aliphatic heterocycles. The Bertz CT molecular complexity index is 1310. The Kier molecular flexibility index (Phi) is 13.8. The van der Waals surface area contributed by atoms with E-state index in [1.807, 2.05) is 0 Å². The number of hydrogen-bond acceptors (Lipinski definition) is 12. The van der Waals surface area contributed by atoms with E-state index in [4.69, 9.17) is 15.6 Å². The highest BCUT2D eigenvalue weighted by atomic mass is 32.2. The Morgan fingerprint density at radius 2 is 1.74 bits per heavy atom. The molecule has 8 N–H and O–H groups in total. The number of hydrogen-bond donors (Lipinski definition) is 7. The molecule has 42 heavy (non-hydrogen) atoms. The van der Waals surface area contributed by atoms with Crippen LogP contribution in [-0.4, -0.2) is 106 Å². The lowest BCUT2D eigenvalue weighted by atomic mass is 10.1. The van der Waals surface area contributed by atoms with Gasteiger partial charge in [-0.25, -0.2) is 9.78 Å². The molecule has 15 nitrogen and oxygen atoms in total. The number of fused-ring (bicyclic) bond motifs is 1. The van der Waals surface area contributed by atoms with E-state index in [0.29, 0.717) is 10.9 Å². The fourth-order valence-electron chi connectivity index (χ4n) is 3.26. The molecule has 4 amide bonds.